The van der Waals surface area contributed by atoms with Crippen LogP contribution in [0.5, 0.6) is 0 Å². The highest BCUT2D eigenvalue weighted by Crippen LogP contribution is 2.23. The molecular formula is C17H13BrFN3O3S. The Labute approximate surface area is 157 Å². The van der Waals surface area contributed by atoms with E-state index in [4.69, 9.17) is 0 Å². The maximum Gasteiger partial charge on any atom is 0.285 e. The molecule has 0 saturated carbocycles. The number of amides is 1. The monoisotopic (exact) mass is 437 g/mol. The number of imidazole rings is 1. The first-order valence-corrected chi connectivity index (χ1v) is 9.70. The smallest absolute Gasteiger partial charge is 0.285 e. The Morgan fingerprint density at radius 1 is 1.15 bits per heavy atom. The van der Waals surface area contributed by atoms with Crippen molar-refractivity contribution >= 4 is 31.9 Å². The number of aromatic amines is 1. The van der Waals surface area contributed by atoms with Gasteiger partial charge in [0.1, 0.15) is 16.5 Å². The molecule has 1 heterocycles. The minimum Gasteiger partial charge on any atom is -0.341 e. The molecule has 3 rings (SSSR count). The molecule has 3 aromatic rings. The molecule has 0 aliphatic rings. The number of hydrogen-bond donors (Lipinski definition) is 2. The van der Waals surface area contributed by atoms with E-state index in [0.29, 0.717) is 10.2 Å². The van der Waals surface area contributed by atoms with Crippen LogP contribution >= 0.6 is 15.9 Å². The van der Waals surface area contributed by atoms with Gasteiger partial charge in [-0.15, -0.1) is 0 Å². The Morgan fingerprint density at radius 3 is 2.50 bits per heavy atom. The quantitative estimate of drug-likeness (QED) is 0.653. The molecule has 26 heavy (non-hydrogen) atoms. The third-order valence-corrected chi connectivity index (χ3v) is 5.93. The molecule has 0 radical (unpaired) electrons. The normalized spacial score (nSPS) is 11.3. The van der Waals surface area contributed by atoms with Gasteiger partial charge in [0.05, 0.1) is 5.56 Å². The number of benzene rings is 2. The van der Waals surface area contributed by atoms with Gasteiger partial charge in [0.15, 0.2) is 5.69 Å². The number of rotatable bonds is 4. The van der Waals surface area contributed by atoms with Gasteiger partial charge in [0, 0.05) is 10.2 Å². The molecule has 0 fully saturated rings. The van der Waals surface area contributed by atoms with Crippen molar-refractivity contribution in [1.82, 2.24) is 14.7 Å². The van der Waals surface area contributed by atoms with Gasteiger partial charge in [-0.1, -0.05) is 24.3 Å². The summed E-state index contributed by atoms with van der Waals surface area (Å²) in [5, 5.41) is 0. The van der Waals surface area contributed by atoms with Gasteiger partial charge >= 0.3 is 0 Å². The number of sulfonamides is 1. The molecule has 0 aliphatic carbocycles. The van der Waals surface area contributed by atoms with Gasteiger partial charge in [-0.2, -0.15) is 0 Å². The molecule has 1 aromatic heterocycles. The summed E-state index contributed by atoms with van der Waals surface area (Å²) in [5.41, 5.74) is 0.380. The van der Waals surface area contributed by atoms with E-state index >= 15 is 0 Å². The SMILES string of the molecule is Cc1[nH]c(-c2ccccc2F)nc1C(=O)NS(=O)(=O)c1ccccc1Br. The summed E-state index contributed by atoms with van der Waals surface area (Å²) < 4.78 is 41.0. The fourth-order valence-electron chi connectivity index (χ4n) is 2.35. The predicted molar refractivity (Wildman–Crippen MR) is 97.5 cm³/mol. The lowest BCUT2D eigenvalue weighted by Crippen LogP contribution is -2.31. The maximum absolute atomic E-state index is 13.9. The molecule has 0 spiro atoms. The summed E-state index contributed by atoms with van der Waals surface area (Å²) in [6.45, 7) is 1.55. The number of nitrogens with one attached hydrogen (secondary N) is 2. The highest BCUT2D eigenvalue weighted by Gasteiger charge is 2.24. The first kappa shape index (κ1) is 18.3. The highest BCUT2D eigenvalue weighted by molar-refractivity contribution is 9.10. The number of nitrogens with zero attached hydrogens (tertiary/aromatic N) is 1. The van der Waals surface area contributed by atoms with Crippen LogP contribution in [0.3, 0.4) is 0 Å². The van der Waals surface area contributed by atoms with Crippen molar-refractivity contribution in [3.63, 3.8) is 0 Å². The summed E-state index contributed by atoms with van der Waals surface area (Å²) in [5.74, 6) is -1.27. The van der Waals surface area contributed by atoms with Crippen LogP contribution in [0.15, 0.2) is 57.9 Å². The second-order valence-corrected chi connectivity index (χ2v) is 7.91. The van der Waals surface area contributed by atoms with Gasteiger partial charge in [-0.05, 0) is 47.1 Å². The first-order valence-electron chi connectivity index (χ1n) is 7.43. The van der Waals surface area contributed by atoms with Crippen LogP contribution in [0.1, 0.15) is 16.2 Å². The van der Waals surface area contributed by atoms with Gasteiger partial charge in [-0.3, -0.25) is 4.79 Å². The molecule has 2 N–H and O–H groups in total. The van der Waals surface area contributed by atoms with Crippen molar-refractivity contribution in [1.29, 1.82) is 0 Å². The molecule has 0 unspecified atom stereocenters. The van der Waals surface area contributed by atoms with E-state index in [0.717, 1.165) is 0 Å². The van der Waals surface area contributed by atoms with Crippen molar-refractivity contribution in [2.75, 3.05) is 0 Å². The van der Waals surface area contributed by atoms with E-state index < -0.39 is 21.7 Å². The average Bonchev–Trinajstić information content (AvgIpc) is 2.97. The molecule has 0 aliphatic heterocycles. The number of carbonyl (C=O) groups is 1. The number of carbonyl (C=O) groups excluding carboxylic acids is 1. The molecular weight excluding hydrogens is 425 g/mol. The Kier molecular flexibility index (Phi) is 4.92. The van der Waals surface area contributed by atoms with Crippen molar-refractivity contribution < 1.29 is 17.6 Å². The first-order chi connectivity index (χ1) is 12.3. The highest BCUT2D eigenvalue weighted by atomic mass is 79.9. The Balaban J connectivity index is 1.92. The standard InChI is InChI=1S/C17H13BrFN3O3S/c1-10-15(21-16(20-10)11-6-2-4-8-13(11)19)17(23)22-26(24,25)14-9-5-3-7-12(14)18/h2-9H,1H3,(H,20,21)(H,22,23). The third kappa shape index (κ3) is 3.54. The Bertz CT molecular complexity index is 1100. The maximum atomic E-state index is 13.9. The summed E-state index contributed by atoms with van der Waals surface area (Å²) in [6.07, 6.45) is 0. The molecule has 0 bridgehead atoms. The van der Waals surface area contributed by atoms with E-state index in [1.807, 2.05) is 4.72 Å². The van der Waals surface area contributed by atoms with Crippen molar-refractivity contribution in [2.24, 2.45) is 0 Å². The van der Waals surface area contributed by atoms with Crippen LogP contribution in [0.2, 0.25) is 0 Å². The molecule has 0 saturated heterocycles. The zero-order valence-corrected chi connectivity index (χ0v) is 15.9. The fraction of sp³-hybridized carbons (Fsp3) is 0.0588. The van der Waals surface area contributed by atoms with Crippen molar-refractivity contribution in [3.05, 3.63) is 70.2 Å². The van der Waals surface area contributed by atoms with E-state index in [2.05, 4.69) is 25.9 Å². The van der Waals surface area contributed by atoms with Gasteiger partial charge in [-0.25, -0.2) is 22.5 Å². The number of halogens is 2. The number of H-pyrrole nitrogens is 1. The average molecular weight is 438 g/mol. The zero-order chi connectivity index (χ0) is 18.9. The van der Waals surface area contributed by atoms with Gasteiger partial charge in [0.2, 0.25) is 0 Å². The molecule has 0 atom stereocenters. The Hall–Kier alpha value is -2.52. The Morgan fingerprint density at radius 2 is 1.81 bits per heavy atom. The number of aryl methyl sites for hydroxylation is 1. The van der Waals surface area contributed by atoms with Crippen LogP contribution in [0.4, 0.5) is 4.39 Å². The summed E-state index contributed by atoms with van der Waals surface area (Å²) in [7, 11) is -4.09. The van der Waals surface area contributed by atoms with E-state index in [1.165, 1.54) is 24.3 Å². The lowest BCUT2D eigenvalue weighted by atomic mass is 10.2. The van der Waals surface area contributed by atoms with Crippen LogP contribution in [0.25, 0.3) is 11.4 Å². The van der Waals surface area contributed by atoms with E-state index in [-0.39, 0.29) is 22.0 Å². The van der Waals surface area contributed by atoms with Crippen molar-refractivity contribution in [3.8, 4) is 11.4 Å². The lowest BCUT2D eigenvalue weighted by molar-refractivity contribution is 0.0976. The molecule has 9 heteroatoms. The van der Waals surface area contributed by atoms with Crippen LogP contribution in [-0.2, 0) is 10.0 Å². The molecule has 6 nitrogen and oxygen atoms in total. The minimum atomic E-state index is -4.09. The van der Waals surface area contributed by atoms with Gasteiger partial charge < -0.3 is 4.98 Å². The zero-order valence-electron chi connectivity index (χ0n) is 13.5. The summed E-state index contributed by atoms with van der Waals surface area (Å²) in [6, 6.07) is 12.1. The summed E-state index contributed by atoms with van der Waals surface area (Å²) >= 11 is 3.14. The minimum absolute atomic E-state index is 0.0733. The van der Waals surface area contributed by atoms with Crippen LogP contribution < -0.4 is 4.72 Å². The van der Waals surface area contributed by atoms with Crippen LogP contribution in [-0.4, -0.2) is 24.3 Å². The number of hydrogen-bond acceptors (Lipinski definition) is 4. The van der Waals surface area contributed by atoms with E-state index in [9.17, 15) is 17.6 Å². The van der Waals surface area contributed by atoms with E-state index in [1.54, 1.807) is 31.2 Å². The summed E-state index contributed by atoms with van der Waals surface area (Å²) in [4.78, 5) is 19.2. The second kappa shape index (κ2) is 7.00. The van der Waals surface area contributed by atoms with Crippen LogP contribution in [0, 0.1) is 12.7 Å². The topological polar surface area (TPSA) is 91.9 Å². The third-order valence-electron chi connectivity index (χ3n) is 3.58. The lowest BCUT2D eigenvalue weighted by Gasteiger charge is -2.07. The molecule has 2 aromatic carbocycles. The molecule has 1 amide bonds. The number of aromatic nitrogens is 2. The largest absolute Gasteiger partial charge is 0.341 e. The fourth-order valence-corrected chi connectivity index (χ4v) is 4.31. The van der Waals surface area contributed by atoms with Gasteiger partial charge in [0.25, 0.3) is 15.9 Å². The van der Waals surface area contributed by atoms with Crippen molar-refractivity contribution in [2.45, 2.75) is 11.8 Å². The molecule has 134 valence electrons. The predicted octanol–water partition coefficient (Wildman–Crippen LogP) is 3.41. The second-order valence-electron chi connectivity index (χ2n) is 5.40.